The molecule has 0 radical (unpaired) electrons. The highest BCUT2D eigenvalue weighted by Gasteiger charge is 2.25. The highest BCUT2D eigenvalue weighted by molar-refractivity contribution is 5.83. The van der Waals surface area contributed by atoms with Crippen molar-refractivity contribution >= 4 is 10.8 Å². The maximum Gasteiger partial charge on any atom is 0.399 e. The minimum Gasteiger partial charge on any atom is -0.170 e. The van der Waals surface area contributed by atoms with Crippen LogP contribution in [0.25, 0.3) is 10.8 Å². The standard InChI is InChI=1S/C14H9F3/c15-14(16,17)9-3-4-11-7-8-12-5-1-2-6-13(12)10-11/h1-2,5-8,10H,9H2. The fraction of sp³-hybridized carbons (Fsp3) is 0.143. The quantitative estimate of drug-likeness (QED) is 0.601. The van der Waals surface area contributed by atoms with E-state index in [1.807, 2.05) is 30.3 Å². The summed E-state index contributed by atoms with van der Waals surface area (Å²) in [5.41, 5.74) is 0.605. The van der Waals surface area contributed by atoms with Gasteiger partial charge in [0.05, 0.1) is 0 Å². The topological polar surface area (TPSA) is 0 Å². The molecule has 0 fully saturated rings. The predicted molar refractivity (Wildman–Crippen MR) is 61.5 cm³/mol. The summed E-state index contributed by atoms with van der Waals surface area (Å²) < 4.78 is 35.7. The van der Waals surface area contributed by atoms with Crippen LogP contribution >= 0.6 is 0 Å². The molecule has 86 valence electrons. The summed E-state index contributed by atoms with van der Waals surface area (Å²) in [5.74, 6) is 4.65. The molecule has 2 aromatic rings. The molecule has 0 saturated carbocycles. The van der Waals surface area contributed by atoms with Crippen LogP contribution in [0.3, 0.4) is 0 Å². The van der Waals surface area contributed by atoms with Crippen molar-refractivity contribution in [1.82, 2.24) is 0 Å². The van der Waals surface area contributed by atoms with Gasteiger partial charge in [0.15, 0.2) is 0 Å². The zero-order valence-corrected chi connectivity index (χ0v) is 8.88. The minimum absolute atomic E-state index is 0.605. The van der Waals surface area contributed by atoms with Crippen LogP contribution in [0.2, 0.25) is 0 Å². The summed E-state index contributed by atoms with van der Waals surface area (Å²) >= 11 is 0. The van der Waals surface area contributed by atoms with Gasteiger partial charge in [-0.25, -0.2) is 0 Å². The molecule has 3 heteroatoms. The van der Waals surface area contributed by atoms with Gasteiger partial charge >= 0.3 is 6.18 Å². The van der Waals surface area contributed by atoms with Crippen LogP contribution in [-0.4, -0.2) is 6.18 Å². The first-order chi connectivity index (χ1) is 8.04. The average molecular weight is 234 g/mol. The van der Waals surface area contributed by atoms with E-state index in [9.17, 15) is 13.2 Å². The second-order valence-corrected chi connectivity index (χ2v) is 3.66. The molecule has 0 heterocycles. The lowest BCUT2D eigenvalue weighted by Gasteiger charge is -1.99. The van der Waals surface area contributed by atoms with E-state index in [-0.39, 0.29) is 0 Å². The first-order valence-corrected chi connectivity index (χ1v) is 5.09. The van der Waals surface area contributed by atoms with Gasteiger partial charge in [-0.15, -0.1) is 0 Å². The van der Waals surface area contributed by atoms with E-state index in [1.54, 1.807) is 12.1 Å². The van der Waals surface area contributed by atoms with Crippen LogP contribution in [0, 0.1) is 11.8 Å². The summed E-state index contributed by atoms with van der Waals surface area (Å²) in [4.78, 5) is 0. The summed E-state index contributed by atoms with van der Waals surface area (Å²) in [5, 5.41) is 2.03. The maximum absolute atomic E-state index is 11.9. The zero-order chi connectivity index (χ0) is 12.3. The van der Waals surface area contributed by atoms with Crippen LogP contribution in [0.1, 0.15) is 12.0 Å². The molecule has 2 aromatic carbocycles. The lowest BCUT2D eigenvalue weighted by molar-refractivity contribution is -0.123. The van der Waals surface area contributed by atoms with Crippen molar-refractivity contribution in [3.05, 3.63) is 48.0 Å². The summed E-state index contributed by atoms with van der Waals surface area (Å²) in [6.07, 6.45) is -5.29. The van der Waals surface area contributed by atoms with Crippen molar-refractivity contribution in [1.29, 1.82) is 0 Å². The van der Waals surface area contributed by atoms with Gasteiger partial charge in [-0.1, -0.05) is 42.2 Å². The number of alkyl halides is 3. The molecule has 0 amide bonds. The predicted octanol–water partition coefficient (Wildman–Crippen LogP) is 4.14. The molecule has 17 heavy (non-hydrogen) atoms. The number of halogens is 3. The lowest BCUT2D eigenvalue weighted by atomic mass is 10.1. The van der Waals surface area contributed by atoms with Gasteiger partial charge in [0.2, 0.25) is 0 Å². The van der Waals surface area contributed by atoms with E-state index >= 15 is 0 Å². The maximum atomic E-state index is 11.9. The Balaban J connectivity index is 2.25. The second-order valence-electron chi connectivity index (χ2n) is 3.66. The van der Waals surface area contributed by atoms with Crippen LogP contribution in [0.4, 0.5) is 13.2 Å². The van der Waals surface area contributed by atoms with E-state index in [0.717, 1.165) is 10.8 Å². The molecule has 0 aliphatic heterocycles. The van der Waals surface area contributed by atoms with Crippen LogP contribution in [-0.2, 0) is 0 Å². The Kier molecular flexibility index (Phi) is 3.06. The molecule has 0 bridgehead atoms. The number of rotatable bonds is 0. The summed E-state index contributed by atoms with van der Waals surface area (Å²) in [7, 11) is 0. The Hall–Kier alpha value is -1.95. The Morgan fingerprint density at radius 2 is 1.65 bits per heavy atom. The van der Waals surface area contributed by atoms with Gasteiger partial charge in [0.25, 0.3) is 0 Å². The Bertz CT molecular complexity index is 585. The second kappa shape index (κ2) is 4.50. The molecule has 0 atom stereocenters. The van der Waals surface area contributed by atoms with Crippen molar-refractivity contribution in [3.63, 3.8) is 0 Å². The third-order valence-electron chi connectivity index (χ3n) is 2.27. The minimum atomic E-state index is -4.22. The van der Waals surface area contributed by atoms with Crippen LogP contribution in [0.5, 0.6) is 0 Å². The molecule has 0 aliphatic rings. The number of hydrogen-bond donors (Lipinski definition) is 0. The van der Waals surface area contributed by atoms with Gasteiger partial charge < -0.3 is 0 Å². The lowest BCUT2D eigenvalue weighted by Crippen LogP contribution is -2.04. The monoisotopic (exact) mass is 234 g/mol. The van der Waals surface area contributed by atoms with E-state index in [0.29, 0.717) is 5.56 Å². The molecule has 0 aliphatic carbocycles. The van der Waals surface area contributed by atoms with Crippen molar-refractivity contribution in [2.24, 2.45) is 0 Å². The molecule has 2 rings (SSSR count). The van der Waals surface area contributed by atoms with Gasteiger partial charge in [0.1, 0.15) is 6.42 Å². The number of hydrogen-bond acceptors (Lipinski definition) is 0. The smallest absolute Gasteiger partial charge is 0.170 e. The molecule has 0 aromatic heterocycles. The number of benzene rings is 2. The third kappa shape index (κ3) is 3.25. The Morgan fingerprint density at radius 3 is 2.35 bits per heavy atom. The van der Waals surface area contributed by atoms with Gasteiger partial charge in [-0.05, 0) is 22.9 Å². The highest BCUT2D eigenvalue weighted by Crippen LogP contribution is 2.19. The zero-order valence-electron chi connectivity index (χ0n) is 8.88. The average Bonchev–Trinajstić information content (AvgIpc) is 2.27. The largest absolute Gasteiger partial charge is 0.399 e. The van der Waals surface area contributed by atoms with Crippen molar-refractivity contribution < 1.29 is 13.2 Å². The first kappa shape index (κ1) is 11.5. The van der Waals surface area contributed by atoms with Gasteiger partial charge in [-0.3, -0.25) is 0 Å². The van der Waals surface area contributed by atoms with E-state index < -0.39 is 12.6 Å². The van der Waals surface area contributed by atoms with Gasteiger partial charge in [-0.2, -0.15) is 13.2 Å². The highest BCUT2D eigenvalue weighted by atomic mass is 19.4. The molecule has 0 unspecified atom stereocenters. The molecule has 0 N–H and O–H groups in total. The van der Waals surface area contributed by atoms with Crippen molar-refractivity contribution in [2.45, 2.75) is 12.6 Å². The van der Waals surface area contributed by atoms with Crippen molar-refractivity contribution in [3.8, 4) is 11.8 Å². The summed E-state index contributed by atoms with van der Waals surface area (Å²) in [6, 6.07) is 13.0. The van der Waals surface area contributed by atoms with E-state index in [1.165, 1.54) is 0 Å². The number of fused-ring (bicyclic) bond motifs is 1. The summed E-state index contributed by atoms with van der Waals surface area (Å²) in [6.45, 7) is 0. The molecule has 0 nitrogen and oxygen atoms in total. The SMILES string of the molecule is FC(F)(F)CC#Cc1ccc2ccccc2c1. The molecular formula is C14H9F3. The molecule has 0 saturated heterocycles. The Labute approximate surface area is 97.1 Å². The molecular weight excluding hydrogens is 225 g/mol. The van der Waals surface area contributed by atoms with Crippen molar-refractivity contribution in [2.75, 3.05) is 0 Å². The Morgan fingerprint density at radius 1 is 0.941 bits per heavy atom. The van der Waals surface area contributed by atoms with Gasteiger partial charge in [0, 0.05) is 5.56 Å². The van der Waals surface area contributed by atoms with E-state index in [4.69, 9.17) is 0 Å². The first-order valence-electron chi connectivity index (χ1n) is 5.09. The normalized spacial score (nSPS) is 11.0. The molecule has 0 spiro atoms. The van der Waals surface area contributed by atoms with E-state index in [2.05, 4.69) is 11.8 Å². The fourth-order valence-corrected chi connectivity index (χ4v) is 1.51. The van der Waals surface area contributed by atoms with Crippen LogP contribution < -0.4 is 0 Å². The third-order valence-corrected chi connectivity index (χ3v) is 2.27. The fourth-order valence-electron chi connectivity index (χ4n) is 1.51. The van der Waals surface area contributed by atoms with Crippen LogP contribution in [0.15, 0.2) is 42.5 Å².